The summed E-state index contributed by atoms with van der Waals surface area (Å²) in [5, 5.41) is 36.5. The monoisotopic (exact) mass is 316 g/mol. The number of hydrogen-bond donors (Lipinski definition) is 4. The van der Waals surface area contributed by atoms with Gasteiger partial charge < -0.3 is 20.4 Å². The van der Waals surface area contributed by atoms with Crippen LogP contribution in [0.3, 0.4) is 0 Å². The lowest BCUT2D eigenvalue weighted by Gasteiger charge is -2.22. The van der Waals surface area contributed by atoms with Crippen LogP contribution in [0.4, 0.5) is 0 Å². The van der Waals surface area contributed by atoms with Crippen LogP contribution in [0.25, 0.3) is 0 Å². The number of aliphatic carboxylic acids is 2. The van der Waals surface area contributed by atoms with Crippen molar-refractivity contribution in [1.82, 2.24) is 0 Å². The molecule has 0 heterocycles. The fourth-order valence-corrected chi connectivity index (χ4v) is 2.13. The quantitative estimate of drug-likeness (QED) is 0.306. The molecule has 0 rings (SSSR count). The zero-order valence-corrected chi connectivity index (χ0v) is 13.2. The molecule has 6 heteroatoms. The minimum Gasteiger partial charge on any atom is -0.479 e. The Morgan fingerprint density at radius 3 is 1.95 bits per heavy atom. The molecule has 0 saturated heterocycles. The fraction of sp³-hybridized carbons (Fsp3) is 0.750. The van der Waals surface area contributed by atoms with Crippen LogP contribution in [0.2, 0.25) is 0 Å². The first-order chi connectivity index (χ1) is 10.4. The van der Waals surface area contributed by atoms with Gasteiger partial charge in [0.15, 0.2) is 6.10 Å². The van der Waals surface area contributed by atoms with Crippen LogP contribution in [0.5, 0.6) is 0 Å². The highest BCUT2D eigenvalue weighted by Crippen LogP contribution is 2.16. The molecule has 0 aliphatic carbocycles. The first kappa shape index (κ1) is 20.6. The lowest BCUT2D eigenvalue weighted by molar-refractivity contribution is -0.175. The van der Waals surface area contributed by atoms with Gasteiger partial charge >= 0.3 is 11.9 Å². The number of rotatable bonds is 13. The van der Waals surface area contributed by atoms with E-state index in [-0.39, 0.29) is 0 Å². The molecule has 6 nitrogen and oxygen atoms in total. The van der Waals surface area contributed by atoms with Crippen molar-refractivity contribution in [3.05, 3.63) is 12.2 Å². The summed E-state index contributed by atoms with van der Waals surface area (Å²) in [4.78, 5) is 21.6. The van der Waals surface area contributed by atoms with E-state index in [0.29, 0.717) is 6.42 Å². The average molecular weight is 316 g/mol. The zero-order chi connectivity index (χ0) is 17.0. The van der Waals surface area contributed by atoms with Crippen LogP contribution in [-0.2, 0) is 9.59 Å². The number of carboxylic acid groups (broad SMARTS) is 2. The molecule has 4 N–H and O–H groups in total. The molecule has 2 atom stereocenters. The number of hydrogen-bond acceptors (Lipinski definition) is 4. The average Bonchev–Trinajstić information content (AvgIpc) is 2.47. The minimum atomic E-state index is -2.79. The van der Waals surface area contributed by atoms with Gasteiger partial charge in [0, 0.05) is 0 Å². The topological polar surface area (TPSA) is 115 Å². The summed E-state index contributed by atoms with van der Waals surface area (Å²) < 4.78 is 0. The van der Waals surface area contributed by atoms with E-state index < -0.39 is 23.6 Å². The molecule has 0 amide bonds. The van der Waals surface area contributed by atoms with Gasteiger partial charge in [-0.25, -0.2) is 9.59 Å². The number of allylic oxidation sites excluding steroid dienone is 1. The van der Waals surface area contributed by atoms with Gasteiger partial charge in [0.25, 0.3) is 0 Å². The van der Waals surface area contributed by atoms with Crippen molar-refractivity contribution in [3.63, 3.8) is 0 Å². The van der Waals surface area contributed by atoms with Crippen LogP contribution in [0.1, 0.15) is 64.7 Å². The molecular weight excluding hydrogens is 288 g/mol. The van der Waals surface area contributed by atoms with E-state index in [0.717, 1.165) is 25.3 Å². The van der Waals surface area contributed by atoms with Crippen molar-refractivity contribution in [2.45, 2.75) is 76.4 Å². The second-order valence-corrected chi connectivity index (χ2v) is 5.54. The summed E-state index contributed by atoms with van der Waals surface area (Å²) in [5.74, 6) is -3.56. The highest BCUT2D eigenvalue weighted by molar-refractivity contribution is 5.89. The number of aliphatic hydroxyl groups is 2. The Bertz CT molecular complexity index is 366. The van der Waals surface area contributed by atoms with E-state index in [9.17, 15) is 19.8 Å². The maximum Gasteiger partial charge on any atom is 0.343 e. The van der Waals surface area contributed by atoms with Gasteiger partial charge in [-0.2, -0.15) is 0 Å². The number of unbranched alkanes of at least 4 members (excludes halogenated alkanes) is 8. The lowest BCUT2D eigenvalue weighted by Crippen LogP contribution is -2.51. The van der Waals surface area contributed by atoms with Crippen molar-refractivity contribution >= 4 is 11.9 Å². The van der Waals surface area contributed by atoms with Gasteiger partial charge in [-0.05, 0) is 18.9 Å². The van der Waals surface area contributed by atoms with E-state index in [2.05, 4.69) is 6.92 Å². The van der Waals surface area contributed by atoms with Gasteiger partial charge in [-0.15, -0.1) is 0 Å². The molecular formula is C16H28O6. The Morgan fingerprint density at radius 1 is 1.00 bits per heavy atom. The van der Waals surface area contributed by atoms with Crippen molar-refractivity contribution in [1.29, 1.82) is 0 Å². The highest BCUT2D eigenvalue weighted by atomic mass is 16.4. The third kappa shape index (κ3) is 7.56. The van der Waals surface area contributed by atoms with Crippen molar-refractivity contribution < 1.29 is 30.0 Å². The van der Waals surface area contributed by atoms with E-state index in [4.69, 9.17) is 10.2 Å². The van der Waals surface area contributed by atoms with Crippen LogP contribution in [-0.4, -0.2) is 44.1 Å². The maximum atomic E-state index is 10.9. The molecule has 0 aromatic rings. The standard InChI is InChI=1S/C16H28O6/c1-2-3-4-5-6-7-8-9-10-11-12-16(22,15(20)21)13(17)14(18)19/h11-13,17,22H,2-10H2,1H3,(H,18,19)(H,20,21). The molecule has 0 bridgehead atoms. The lowest BCUT2D eigenvalue weighted by atomic mass is 9.95. The van der Waals surface area contributed by atoms with Crippen molar-refractivity contribution in [2.75, 3.05) is 0 Å². The molecule has 0 aliphatic rings. The van der Waals surface area contributed by atoms with Crippen LogP contribution in [0.15, 0.2) is 12.2 Å². The van der Waals surface area contributed by atoms with Crippen LogP contribution < -0.4 is 0 Å². The molecule has 0 aromatic heterocycles. The largest absolute Gasteiger partial charge is 0.479 e. The molecule has 0 radical (unpaired) electrons. The summed E-state index contributed by atoms with van der Waals surface area (Å²) >= 11 is 0. The van der Waals surface area contributed by atoms with Crippen LogP contribution in [0, 0.1) is 0 Å². The first-order valence-electron chi connectivity index (χ1n) is 7.90. The normalized spacial score (nSPS) is 15.6. The van der Waals surface area contributed by atoms with Crippen molar-refractivity contribution in [3.8, 4) is 0 Å². The SMILES string of the molecule is CCCCCCCCCCC=CC(O)(C(=O)O)C(O)C(=O)O. The molecule has 0 fully saturated rings. The molecule has 0 spiro atoms. The Kier molecular flexibility index (Phi) is 10.5. The molecule has 22 heavy (non-hydrogen) atoms. The van der Waals surface area contributed by atoms with E-state index in [1.807, 2.05) is 0 Å². The molecule has 0 aliphatic heterocycles. The number of aliphatic hydroxyl groups excluding tert-OH is 1. The number of carbonyl (C=O) groups is 2. The third-order valence-corrected chi connectivity index (χ3v) is 3.59. The fourth-order valence-electron chi connectivity index (χ4n) is 2.13. The zero-order valence-electron chi connectivity index (χ0n) is 13.2. The Labute approximate surface area is 131 Å². The van der Waals surface area contributed by atoms with Crippen LogP contribution >= 0.6 is 0 Å². The van der Waals surface area contributed by atoms with Gasteiger partial charge in [0.2, 0.25) is 5.60 Å². The summed E-state index contributed by atoms with van der Waals surface area (Å²) in [6, 6.07) is 0. The van der Waals surface area contributed by atoms with Gasteiger partial charge in [-0.1, -0.05) is 57.9 Å². The smallest absolute Gasteiger partial charge is 0.343 e. The third-order valence-electron chi connectivity index (χ3n) is 3.59. The van der Waals surface area contributed by atoms with Gasteiger partial charge in [0.1, 0.15) is 0 Å². The molecule has 2 unspecified atom stereocenters. The van der Waals surface area contributed by atoms with E-state index >= 15 is 0 Å². The van der Waals surface area contributed by atoms with Crippen molar-refractivity contribution in [2.24, 2.45) is 0 Å². The van der Waals surface area contributed by atoms with Gasteiger partial charge in [-0.3, -0.25) is 0 Å². The summed E-state index contributed by atoms with van der Waals surface area (Å²) in [6.45, 7) is 2.17. The Balaban J connectivity index is 4.03. The predicted octanol–water partition coefficient (Wildman–Crippen LogP) is 2.33. The van der Waals surface area contributed by atoms with E-state index in [1.54, 1.807) is 0 Å². The highest BCUT2D eigenvalue weighted by Gasteiger charge is 2.45. The second-order valence-electron chi connectivity index (χ2n) is 5.54. The molecule has 0 saturated carbocycles. The molecule has 0 aromatic carbocycles. The Hall–Kier alpha value is -1.40. The summed E-state index contributed by atoms with van der Waals surface area (Å²) in [6.07, 6.45) is 9.53. The maximum absolute atomic E-state index is 10.9. The number of carboxylic acids is 2. The minimum absolute atomic E-state index is 0.539. The molecule has 128 valence electrons. The van der Waals surface area contributed by atoms with Gasteiger partial charge in [0.05, 0.1) is 0 Å². The van der Waals surface area contributed by atoms with E-state index in [1.165, 1.54) is 38.2 Å². The summed E-state index contributed by atoms with van der Waals surface area (Å²) in [7, 11) is 0. The summed E-state index contributed by atoms with van der Waals surface area (Å²) in [5.41, 5.74) is -2.79. The second kappa shape index (κ2) is 11.2. The first-order valence-corrected chi connectivity index (χ1v) is 7.90. The predicted molar refractivity (Wildman–Crippen MR) is 82.6 cm³/mol. The Morgan fingerprint density at radius 2 is 1.50 bits per heavy atom.